The van der Waals surface area contributed by atoms with Crippen LogP contribution in [0.4, 0.5) is 0 Å². The minimum absolute atomic E-state index is 0.0538. The van der Waals surface area contributed by atoms with Gasteiger partial charge in [-0.05, 0) is 54.8 Å². The van der Waals surface area contributed by atoms with E-state index < -0.39 is 112 Å². The normalized spacial score (nSPS) is 31.9. The topological polar surface area (TPSA) is 201 Å². The molecule has 0 unspecified atom stereocenters. The van der Waals surface area contributed by atoms with Crippen molar-refractivity contribution in [3.8, 4) is 0 Å². The predicted octanol–water partition coefficient (Wildman–Crippen LogP) is 4.67. The SMILES string of the molecule is CC(=O)O[C@H]1C(=O)[C@@]2(C)[C@H]([C@H](OC(=O)c3ccccc3)[C@]3(O)C[C@H](OC(=O)[C@H](S)[C@@H](NC(=O)c4ccccc4)c4ccccc4)C(C)=C1C3(C)C)[C@]1(OC(C)=O)CO[C@@H]1C[C@@H]2O. The third-order valence-electron chi connectivity index (χ3n) is 13.5. The van der Waals surface area contributed by atoms with Crippen LogP contribution in [-0.4, -0.2) is 99.4 Å². The molecule has 1 heterocycles. The largest absolute Gasteiger partial charge is 0.457 e. The van der Waals surface area contributed by atoms with Crippen LogP contribution in [0.2, 0.25) is 0 Å². The first kappa shape index (κ1) is 44.7. The molecule has 0 radical (unpaired) electrons. The molecule has 3 aromatic carbocycles. The number of esters is 4. The molecule has 4 aliphatic rings. The monoisotopic (exact) mass is 869 g/mol. The van der Waals surface area contributed by atoms with E-state index in [2.05, 4.69) is 5.32 Å². The Morgan fingerprint density at radius 3 is 1.97 bits per heavy atom. The molecule has 1 saturated heterocycles. The van der Waals surface area contributed by atoms with Gasteiger partial charge in [-0.1, -0.05) is 80.6 Å². The standard InChI is InChI=1S/C47H51NO13S/c1-25-31(59-43(55)37(62)35(28-16-10-7-11-17-28)48-41(53)29-18-12-8-13-19-29)23-47(56)40(60-42(54)30-20-14-9-15-21-30)38-45(6,32(51)22-33-46(38,24-57-33)61-27(3)50)39(52)36(58-26(2)49)34(25)44(47,4)5/h7-21,31-33,35-38,40,51,56,62H,22-24H2,1-6H3,(H,48,53)/t31-,32-,33+,35-,36+,37+,38-,40-,45+,46-,47+/m0/s1. The first-order valence-electron chi connectivity index (χ1n) is 20.5. The van der Waals surface area contributed by atoms with Gasteiger partial charge in [-0.2, -0.15) is 12.6 Å². The quantitative estimate of drug-likeness (QED) is 0.0949. The molecule has 328 valence electrons. The molecule has 2 saturated carbocycles. The number of thiol groups is 1. The van der Waals surface area contributed by atoms with Crippen molar-refractivity contribution < 1.29 is 62.7 Å². The average Bonchev–Trinajstić information content (AvgIpc) is 3.24. The van der Waals surface area contributed by atoms with Crippen molar-refractivity contribution in [2.24, 2.45) is 16.7 Å². The van der Waals surface area contributed by atoms with E-state index in [9.17, 15) is 34.2 Å². The predicted molar refractivity (Wildman–Crippen MR) is 224 cm³/mol. The summed E-state index contributed by atoms with van der Waals surface area (Å²) in [4.78, 5) is 83.8. The fraction of sp³-hybridized carbons (Fsp3) is 0.447. The number of fused-ring (bicyclic) bond motifs is 5. The number of nitrogens with one attached hydrogen (secondary N) is 1. The fourth-order valence-electron chi connectivity index (χ4n) is 10.2. The number of ketones is 1. The number of aliphatic hydroxyl groups is 2. The Bertz CT molecular complexity index is 2290. The highest BCUT2D eigenvalue weighted by Crippen LogP contribution is 2.64. The Morgan fingerprint density at radius 1 is 0.839 bits per heavy atom. The molecular weight excluding hydrogens is 819 g/mol. The molecule has 1 amide bonds. The molecule has 3 N–H and O–H groups in total. The molecule has 0 aromatic heterocycles. The Hall–Kier alpha value is -5.35. The third-order valence-corrected chi connectivity index (χ3v) is 14.0. The van der Waals surface area contributed by atoms with Crippen molar-refractivity contribution in [2.45, 2.75) is 107 Å². The number of aliphatic hydroxyl groups excluding tert-OH is 1. The van der Waals surface area contributed by atoms with Gasteiger partial charge in [0.15, 0.2) is 17.5 Å². The number of carbonyl (C=O) groups excluding carboxylic acids is 6. The van der Waals surface area contributed by atoms with Crippen molar-refractivity contribution in [1.29, 1.82) is 0 Å². The number of carbonyl (C=O) groups is 6. The molecule has 1 aliphatic heterocycles. The number of Topliss-reactive ketones (excluding diaryl/α,β-unsaturated/α-hetero) is 1. The van der Waals surface area contributed by atoms with E-state index in [1.54, 1.807) is 99.6 Å². The van der Waals surface area contributed by atoms with Gasteiger partial charge in [-0.15, -0.1) is 0 Å². The van der Waals surface area contributed by atoms with E-state index in [1.807, 2.05) is 0 Å². The summed E-state index contributed by atoms with van der Waals surface area (Å²) in [5.41, 5.74) is -6.46. The van der Waals surface area contributed by atoms with Crippen molar-refractivity contribution >= 4 is 48.2 Å². The summed E-state index contributed by atoms with van der Waals surface area (Å²) in [5.74, 6) is -6.28. The number of hydrogen-bond acceptors (Lipinski definition) is 14. The van der Waals surface area contributed by atoms with Crippen LogP contribution in [0.15, 0.2) is 102 Å². The Balaban J connectivity index is 1.39. The van der Waals surface area contributed by atoms with Crippen LogP contribution in [0.3, 0.4) is 0 Å². The Morgan fingerprint density at radius 2 is 1.42 bits per heavy atom. The van der Waals surface area contributed by atoms with E-state index in [1.165, 1.54) is 26.0 Å². The molecule has 2 bridgehead atoms. The van der Waals surface area contributed by atoms with Gasteiger partial charge in [-0.3, -0.25) is 24.0 Å². The highest BCUT2D eigenvalue weighted by atomic mass is 32.1. The van der Waals surface area contributed by atoms with Crippen LogP contribution in [0.5, 0.6) is 0 Å². The van der Waals surface area contributed by atoms with Gasteiger partial charge in [0.2, 0.25) is 0 Å². The van der Waals surface area contributed by atoms with Crippen LogP contribution in [0, 0.1) is 16.7 Å². The number of rotatable bonds is 10. The summed E-state index contributed by atoms with van der Waals surface area (Å²) in [6, 6.07) is 24.0. The van der Waals surface area contributed by atoms with E-state index in [0.717, 1.165) is 6.92 Å². The lowest BCUT2D eigenvalue weighted by Crippen LogP contribution is -2.82. The van der Waals surface area contributed by atoms with Gasteiger partial charge in [0.25, 0.3) is 5.91 Å². The number of amides is 1. The molecule has 0 spiro atoms. The summed E-state index contributed by atoms with van der Waals surface area (Å²) >= 11 is 4.71. The van der Waals surface area contributed by atoms with Crippen molar-refractivity contribution in [3.05, 3.63) is 119 Å². The summed E-state index contributed by atoms with van der Waals surface area (Å²) < 4.78 is 30.6. The van der Waals surface area contributed by atoms with Crippen LogP contribution >= 0.6 is 12.6 Å². The van der Waals surface area contributed by atoms with Gasteiger partial charge in [-0.25, -0.2) is 4.79 Å². The minimum atomic E-state index is -2.33. The van der Waals surface area contributed by atoms with E-state index in [-0.39, 0.29) is 29.7 Å². The summed E-state index contributed by atoms with van der Waals surface area (Å²) in [5, 5.41) is 27.3. The molecule has 3 fully saturated rings. The molecular formula is C47H51NO13S. The maximum atomic E-state index is 15.5. The van der Waals surface area contributed by atoms with Gasteiger partial charge in [0.1, 0.15) is 29.2 Å². The first-order chi connectivity index (χ1) is 29.3. The second-order valence-corrected chi connectivity index (χ2v) is 17.9. The lowest BCUT2D eigenvalue weighted by molar-refractivity contribution is -0.346. The molecule has 62 heavy (non-hydrogen) atoms. The van der Waals surface area contributed by atoms with Crippen LogP contribution in [0.1, 0.15) is 86.7 Å². The van der Waals surface area contributed by atoms with Crippen molar-refractivity contribution in [1.82, 2.24) is 5.32 Å². The third kappa shape index (κ3) is 7.41. The molecule has 3 aromatic rings. The first-order valence-corrected chi connectivity index (χ1v) is 21.0. The van der Waals surface area contributed by atoms with Crippen LogP contribution in [0.25, 0.3) is 0 Å². The molecule has 15 heteroatoms. The zero-order chi connectivity index (χ0) is 44.9. The highest BCUT2D eigenvalue weighted by Gasteiger charge is 2.78. The van der Waals surface area contributed by atoms with Gasteiger partial charge < -0.3 is 39.2 Å². The van der Waals surface area contributed by atoms with Crippen LogP contribution < -0.4 is 5.32 Å². The molecule has 14 nitrogen and oxygen atoms in total. The fourth-order valence-corrected chi connectivity index (χ4v) is 10.5. The zero-order valence-electron chi connectivity index (χ0n) is 35.2. The van der Waals surface area contributed by atoms with Crippen molar-refractivity contribution in [3.63, 3.8) is 0 Å². The van der Waals surface area contributed by atoms with Crippen molar-refractivity contribution in [2.75, 3.05) is 6.61 Å². The second-order valence-electron chi connectivity index (χ2n) is 17.4. The maximum Gasteiger partial charge on any atom is 0.338 e. The van der Waals surface area contributed by atoms with E-state index >= 15 is 4.79 Å². The van der Waals surface area contributed by atoms with Gasteiger partial charge >= 0.3 is 23.9 Å². The van der Waals surface area contributed by atoms with Gasteiger partial charge in [0, 0.05) is 37.7 Å². The summed E-state index contributed by atoms with van der Waals surface area (Å²) in [6.45, 7) is 8.19. The van der Waals surface area contributed by atoms with Crippen LogP contribution in [-0.2, 0) is 42.9 Å². The molecule has 11 atom stereocenters. The summed E-state index contributed by atoms with van der Waals surface area (Å²) in [7, 11) is 0. The second kappa shape index (κ2) is 16.7. The van der Waals surface area contributed by atoms with E-state index in [4.69, 9.17) is 36.3 Å². The molecule has 7 rings (SSSR count). The zero-order valence-corrected chi connectivity index (χ0v) is 36.1. The maximum absolute atomic E-state index is 15.5. The minimum Gasteiger partial charge on any atom is -0.457 e. The Kier molecular flexibility index (Phi) is 12.1. The number of ether oxygens (including phenoxy) is 5. The average molecular weight is 870 g/mol. The summed E-state index contributed by atoms with van der Waals surface area (Å²) in [6.07, 6.45) is -8.14. The smallest absolute Gasteiger partial charge is 0.338 e. The van der Waals surface area contributed by atoms with E-state index in [0.29, 0.717) is 11.1 Å². The Labute approximate surface area is 364 Å². The number of hydrogen-bond donors (Lipinski definition) is 4. The molecule has 3 aliphatic carbocycles. The highest BCUT2D eigenvalue weighted by molar-refractivity contribution is 7.81. The van der Waals surface area contributed by atoms with Gasteiger partial charge in [0.05, 0.1) is 35.6 Å². The number of benzene rings is 3. The lowest BCUT2D eigenvalue weighted by Gasteiger charge is -2.67. The lowest BCUT2D eigenvalue weighted by atomic mass is 9.44.